The number of aromatic nitrogens is 2. The minimum absolute atomic E-state index is 0.0537. The maximum absolute atomic E-state index is 10.5. The third-order valence-corrected chi connectivity index (χ3v) is 10.3. The predicted molar refractivity (Wildman–Crippen MR) is 168 cm³/mol. The van der Waals surface area contributed by atoms with E-state index < -0.39 is 6.41 Å². The number of nitrogens with zero attached hydrogens (tertiary/aromatic N) is 2. The van der Waals surface area contributed by atoms with Gasteiger partial charge in [-0.05, 0) is 88.6 Å². The van der Waals surface area contributed by atoms with Crippen LogP contribution in [-0.4, -0.2) is 46.5 Å². The minimum atomic E-state index is -1.03. The first-order valence-corrected chi connectivity index (χ1v) is 16.3. The number of aryl methyl sites for hydroxylation is 2. The zero-order chi connectivity index (χ0) is 28.8. The van der Waals surface area contributed by atoms with Gasteiger partial charge < -0.3 is 29.2 Å². The van der Waals surface area contributed by atoms with E-state index in [1.54, 1.807) is 11.3 Å². The number of rotatable bonds is 10. The summed E-state index contributed by atoms with van der Waals surface area (Å²) < 4.78 is 20.4. The van der Waals surface area contributed by atoms with Crippen molar-refractivity contribution in [3.05, 3.63) is 53.0 Å². The van der Waals surface area contributed by atoms with Crippen molar-refractivity contribution in [3.8, 4) is 27.6 Å². The van der Waals surface area contributed by atoms with E-state index in [0.29, 0.717) is 12.0 Å². The lowest BCUT2D eigenvalue weighted by molar-refractivity contribution is -0.117. The molecule has 2 aromatic heterocycles. The molecule has 42 heavy (non-hydrogen) atoms. The first kappa shape index (κ1) is 27.9. The number of hydrogen-bond donors (Lipinski definition) is 2. The summed E-state index contributed by atoms with van der Waals surface area (Å²) in [6, 6.07) is 15.4. The second-order valence-electron chi connectivity index (χ2n) is 12.2. The number of fused-ring (bicyclic) bond motifs is 1. The van der Waals surface area contributed by atoms with Crippen LogP contribution < -0.4 is 10.1 Å². The quantitative estimate of drug-likeness (QED) is 0.184. The highest BCUT2D eigenvalue weighted by Crippen LogP contribution is 2.48. The number of aliphatic hydroxyl groups is 1. The van der Waals surface area contributed by atoms with Crippen LogP contribution in [0.2, 0.25) is 0 Å². The predicted octanol–water partition coefficient (Wildman–Crippen LogP) is 7.83. The molecule has 2 saturated carbocycles. The molecule has 3 heterocycles. The molecule has 2 atom stereocenters. The van der Waals surface area contributed by atoms with Gasteiger partial charge in [-0.3, -0.25) is 0 Å². The van der Waals surface area contributed by atoms with Crippen LogP contribution in [0.4, 0.5) is 5.69 Å². The third kappa shape index (κ3) is 5.57. The number of benzene rings is 2. The largest absolute Gasteiger partial charge is 0.490 e. The van der Waals surface area contributed by atoms with Crippen LogP contribution in [0.3, 0.4) is 0 Å². The topological polar surface area (TPSA) is 77.8 Å². The first-order chi connectivity index (χ1) is 20.4. The van der Waals surface area contributed by atoms with Gasteiger partial charge in [0.1, 0.15) is 16.9 Å². The van der Waals surface area contributed by atoms with Gasteiger partial charge in [0.2, 0.25) is 6.41 Å². The van der Waals surface area contributed by atoms with Crippen molar-refractivity contribution in [1.82, 2.24) is 9.55 Å². The lowest BCUT2D eigenvalue weighted by Gasteiger charge is -2.30. The van der Waals surface area contributed by atoms with E-state index in [1.807, 2.05) is 19.1 Å². The molecule has 0 radical (unpaired) electrons. The summed E-state index contributed by atoms with van der Waals surface area (Å²) in [6.07, 6.45) is 7.01. The average Bonchev–Trinajstić information content (AvgIpc) is 3.69. The summed E-state index contributed by atoms with van der Waals surface area (Å²) in [6.45, 7) is 7.80. The molecule has 1 aliphatic heterocycles. The van der Waals surface area contributed by atoms with E-state index in [4.69, 9.17) is 19.2 Å². The lowest BCUT2D eigenvalue weighted by atomic mass is 9.92. The number of anilines is 1. The Balaban J connectivity index is 1.29. The summed E-state index contributed by atoms with van der Waals surface area (Å²) in [7, 11) is 0. The van der Waals surface area contributed by atoms with Crippen molar-refractivity contribution in [2.75, 3.05) is 18.5 Å². The monoisotopic (exact) mass is 587 g/mol. The van der Waals surface area contributed by atoms with Crippen molar-refractivity contribution >= 4 is 27.9 Å². The summed E-state index contributed by atoms with van der Waals surface area (Å²) >= 11 is 1.77. The van der Waals surface area contributed by atoms with E-state index in [0.717, 1.165) is 53.8 Å². The van der Waals surface area contributed by atoms with Crippen LogP contribution in [0.1, 0.15) is 68.5 Å². The molecule has 2 N–H and O–H groups in total. The molecule has 3 aliphatic rings. The number of nitrogens with one attached hydrogen (secondary N) is 1. The van der Waals surface area contributed by atoms with Crippen LogP contribution in [0.5, 0.6) is 5.75 Å². The maximum atomic E-state index is 10.5. The van der Waals surface area contributed by atoms with Gasteiger partial charge in [-0.1, -0.05) is 12.1 Å². The Kier molecular flexibility index (Phi) is 7.73. The number of aliphatic hydroxyl groups excluding tert-OH is 1. The number of thiazole rings is 1. The van der Waals surface area contributed by atoms with Crippen LogP contribution in [0, 0.1) is 19.8 Å². The van der Waals surface area contributed by atoms with Gasteiger partial charge in [-0.25, -0.2) is 4.98 Å². The normalized spacial score (nSPS) is 19.5. The molecule has 2 aliphatic carbocycles. The molecule has 0 amide bonds. The van der Waals surface area contributed by atoms with Gasteiger partial charge in [-0.15, -0.1) is 11.3 Å². The van der Waals surface area contributed by atoms with E-state index in [2.05, 4.69) is 54.1 Å². The molecule has 222 valence electrons. The van der Waals surface area contributed by atoms with E-state index >= 15 is 0 Å². The number of ether oxygens (including phenoxy) is 3. The van der Waals surface area contributed by atoms with Crippen molar-refractivity contribution in [3.63, 3.8) is 0 Å². The van der Waals surface area contributed by atoms with E-state index in [9.17, 15) is 5.11 Å². The first-order valence-electron chi connectivity index (χ1n) is 15.5. The molecule has 2 unspecified atom stereocenters. The zero-order valence-corrected chi connectivity index (χ0v) is 25.6. The van der Waals surface area contributed by atoms with Crippen molar-refractivity contribution in [2.24, 2.45) is 5.92 Å². The van der Waals surface area contributed by atoms with Gasteiger partial charge >= 0.3 is 0 Å². The lowest BCUT2D eigenvalue weighted by Crippen LogP contribution is -2.28. The Labute approximate surface area is 251 Å². The zero-order valence-electron chi connectivity index (χ0n) is 24.8. The molecule has 8 heteroatoms. The smallest absolute Gasteiger partial charge is 0.235 e. The molecule has 7 rings (SSSR count). The Morgan fingerprint density at radius 2 is 1.79 bits per heavy atom. The fraction of sp³-hybridized carbons (Fsp3) is 0.500. The molecule has 7 nitrogen and oxygen atoms in total. The fourth-order valence-electron chi connectivity index (χ4n) is 6.23. The highest BCUT2D eigenvalue weighted by Gasteiger charge is 2.31. The average molecular weight is 588 g/mol. The summed E-state index contributed by atoms with van der Waals surface area (Å²) in [5.74, 6) is 1.49. The Morgan fingerprint density at radius 3 is 2.43 bits per heavy atom. The van der Waals surface area contributed by atoms with Crippen molar-refractivity contribution in [1.29, 1.82) is 0 Å². The molecule has 4 aromatic rings. The molecule has 0 spiro atoms. The highest BCUT2D eigenvalue weighted by molar-refractivity contribution is 7.15. The second-order valence-corrected chi connectivity index (χ2v) is 13.4. The Morgan fingerprint density at radius 1 is 1.02 bits per heavy atom. The minimum Gasteiger partial charge on any atom is -0.490 e. The molecule has 1 saturated heterocycles. The van der Waals surface area contributed by atoms with Crippen molar-refractivity contribution < 1.29 is 19.3 Å². The summed E-state index contributed by atoms with van der Waals surface area (Å²) in [5, 5.41) is 15.9. The fourth-order valence-corrected chi connectivity index (χ4v) is 7.21. The van der Waals surface area contributed by atoms with E-state index in [1.165, 1.54) is 59.1 Å². The van der Waals surface area contributed by atoms with Gasteiger partial charge in [0, 0.05) is 46.5 Å². The van der Waals surface area contributed by atoms with Gasteiger partial charge in [0.05, 0.1) is 36.2 Å². The highest BCUT2D eigenvalue weighted by atomic mass is 32.1. The van der Waals surface area contributed by atoms with Gasteiger partial charge in [0.25, 0.3) is 0 Å². The van der Waals surface area contributed by atoms with Crippen LogP contribution in [-0.2, 0) is 9.47 Å². The van der Waals surface area contributed by atoms with Crippen LogP contribution in [0.25, 0.3) is 32.7 Å². The summed E-state index contributed by atoms with van der Waals surface area (Å²) in [5.41, 5.74) is 6.65. The van der Waals surface area contributed by atoms with Crippen molar-refractivity contribution in [2.45, 2.75) is 90.4 Å². The standard InChI is InChI=1S/C34H41N3O4S/c1-20-22(3)42-33(35-20)31-29-14-13-28(41-27-15-17-39-18-16-27)19-30(29)37(26-5-4-6-26)32(31)24-9-11-25(12-10-24)36-34(38)40-21(2)23-7-8-23/h9-14,19,21,23,26-27,34,36,38H,4-8,15-18H2,1-3H3. The Hall–Kier alpha value is -2.91. The van der Waals surface area contributed by atoms with E-state index in [-0.39, 0.29) is 12.2 Å². The van der Waals surface area contributed by atoms with Gasteiger partial charge in [-0.2, -0.15) is 0 Å². The maximum Gasteiger partial charge on any atom is 0.235 e. The van der Waals surface area contributed by atoms with Gasteiger partial charge in [0.15, 0.2) is 0 Å². The van der Waals surface area contributed by atoms with Crippen LogP contribution in [0.15, 0.2) is 42.5 Å². The summed E-state index contributed by atoms with van der Waals surface area (Å²) in [4.78, 5) is 6.30. The van der Waals surface area contributed by atoms with Crippen LogP contribution >= 0.6 is 11.3 Å². The molecular formula is C34H41N3O4S. The molecule has 2 aromatic carbocycles. The molecule has 0 bridgehead atoms. The molecule has 3 fully saturated rings. The number of hydrogen-bond acceptors (Lipinski definition) is 7. The second kappa shape index (κ2) is 11.6. The molecular weight excluding hydrogens is 546 g/mol. The third-order valence-electron chi connectivity index (χ3n) is 9.21. The SMILES string of the molecule is Cc1nc(-c2c(-c3ccc(NC(O)OC(C)C4CC4)cc3)n(C3CCC3)c3cc(OC4CCOCC4)ccc23)sc1C. The Bertz CT molecular complexity index is 1530.